The second-order valence-electron chi connectivity index (χ2n) is 16.2. The molecule has 7 amide bonds. The minimum atomic E-state index is -1.48. The van der Waals surface area contributed by atoms with E-state index in [4.69, 9.17) is 5.73 Å². The Morgan fingerprint density at radius 3 is 1.68 bits per heavy atom. The van der Waals surface area contributed by atoms with Gasteiger partial charge in [0.2, 0.25) is 41.4 Å². The fourth-order valence-corrected chi connectivity index (χ4v) is 7.28. The van der Waals surface area contributed by atoms with Crippen LogP contribution < -0.4 is 43.0 Å². The van der Waals surface area contributed by atoms with Crippen LogP contribution in [0.5, 0.6) is 11.5 Å². The van der Waals surface area contributed by atoms with Crippen molar-refractivity contribution in [3.63, 3.8) is 0 Å². The molecule has 2 heterocycles. The van der Waals surface area contributed by atoms with Crippen LogP contribution in [0, 0.1) is 5.92 Å². The number of benzene rings is 3. The van der Waals surface area contributed by atoms with Crippen molar-refractivity contribution in [1.82, 2.24) is 31.9 Å². The predicted octanol–water partition coefficient (Wildman–Crippen LogP) is 0.956. The van der Waals surface area contributed by atoms with Crippen LogP contribution in [-0.2, 0) is 57.6 Å². The van der Waals surface area contributed by atoms with Crippen molar-refractivity contribution >= 4 is 65.6 Å². The number of nitrogens with two attached hydrogens (primary N) is 1. The molecule has 5 rings (SSSR count). The lowest BCUT2D eigenvalue weighted by Gasteiger charge is -2.29. The first-order chi connectivity index (χ1) is 31.5. The number of nitrogens with one attached hydrogen (secondary N) is 7. The molecule has 7 atom stereocenters. The van der Waals surface area contributed by atoms with Crippen LogP contribution in [-0.4, -0.2) is 111 Å². The molecule has 20 heteroatoms. The second-order valence-corrected chi connectivity index (χ2v) is 16.6. The van der Waals surface area contributed by atoms with Gasteiger partial charge in [0.25, 0.3) is 0 Å². The summed E-state index contributed by atoms with van der Waals surface area (Å²) < 4.78 is 0. The number of amides is 7. The molecular formula is C46H60N8O11S. The van der Waals surface area contributed by atoms with Crippen LogP contribution in [0.1, 0.15) is 69.1 Å². The average Bonchev–Trinajstić information content (AvgIpc) is 3.29. The molecule has 0 unspecified atom stereocenters. The van der Waals surface area contributed by atoms with E-state index in [1.165, 1.54) is 48.5 Å². The summed E-state index contributed by atoms with van der Waals surface area (Å²) in [6.45, 7) is 3.77. The van der Waals surface area contributed by atoms with Crippen LogP contribution in [0.3, 0.4) is 0 Å². The minimum Gasteiger partial charge on any atom is -0.508 e. The number of thiol groups is 1. The van der Waals surface area contributed by atoms with E-state index in [-0.39, 0.29) is 62.3 Å². The van der Waals surface area contributed by atoms with Crippen molar-refractivity contribution in [2.75, 3.05) is 17.6 Å². The van der Waals surface area contributed by atoms with E-state index >= 15 is 0 Å². The summed E-state index contributed by atoms with van der Waals surface area (Å²) >= 11 is 4.24. The summed E-state index contributed by atoms with van der Waals surface area (Å²) in [6.07, 6.45) is 0.207. The highest BCUT2D eigenvalue weighted by Crippen LogP contribution is 2.17. The van der Waals surface area contributed by atoms with Gasteiger partial charge in [0.1, 0.15) is 47.8 Å². The molecule has 3 aromatic carbocycles. The van der Waals surface area contributed by atoms with E-state index in [9.17, 15) is 53.7 Å². The third kappa shape index (κ3) is 16.4. The van der Waals surface area contributed by atoms with Gasteiger partial charge in [-0.3, -0.25) is 33.6 Å². The molecule has 2 aliphatic rings. The van der Waals surface area contributed by atoms with Crippen molar-refractivity contribution < 1.29 is 53.7 Å². The summed E-state index contributed by atoms with van der Waals surface area (Å²) in [5.74, 6) is -7.28. The summed E-state index contributed by atoms with van der Waals surface area (Å²) in [6, 6.07) is 9.86. The van der Waals surface area contributed by atoms with Gasteiger partial charge >= 0.3 is 5.97 Å². The Morgan fingerprint density at radius 2 is 1.15 bits per heavy atom. The Bertz CT molecular complexity index is 2160. The summed E-state index contributed by atoms with van der Waals surface area (Å²) in [7, 11) is 0. The highest BCUT2D eigenvalue weighted by Gasteiger charge is 2.35. The standard InChI is InChI=1S/C46H60N8O11S/c1-3-26(2)40-45(63)52-35(23-29-11-17-32(56)18-12-29)42(60)50-33(6-4-5-21-47)41(59)51-34(22-28-9-15-31(55)16-10-28)43(61)53-36(46(64)65)24-27-7-13-30(14-8-27)48-38(57)19-20-39(58)49-37(25-66)44(62)54-40/h7-18,26,33-37,40,55-56,66H,3-6,19-25,47H2,1-2H3,(H,48,57)(H,49,58)(H,50,60)(H,51,59)(H,52,63)(H,53,61)(H,54,62)(H,64,65)/t26-,33-,34-,35-,36-,37-,40-/m0/s1. The Hall–Kier alpha value is -6.67. The number of carboxylic acids is 1. The van der Waals surface area contributed by atoms with E-state index in [1.54, 1.807) is 38.1 Å². The monoisotopic (exact) mass is 932 g/mol. The van der Waals surface area contributed by atoms with Crippen LogP contribution in [0.25, 0.3) is 0 Å². The smallest absolute Gasteiger partial charge is 0.326 e. The first-order valence-electron chi connectivity index (χ1n) is 21.8. The fourth-order valence-electron chi connectivity index (χ4n) is 7.02. The third-order valence-electron chi connectivity index (χ3n) is 11.1. The molecule has 12 N–H and O–H groups in total. The van der Waals surface area contributed by atoms with Gasteiger partial charge in [0.05, 0.1) is 0 Å². The maximum Gasteiger partial charge on any atom is 0.326 e. The number of carboxylic acid groups (broad SMARTS) is 1. The SMILES string of the molecule is CC[C@H](C)[C@@H]1NC(=O)[C@H](CS)NC(=O)CCC(=O)Nc2ccc(cc2)C[C@@H](C(=O)O)NC(=O)[C@H](Cc2ccc(O)cc2)NC(=O)[C@H](CCCCN)NC(=O)[C@H](Cc2ccc(O)cc2)NC1=O. The number of hydrogen-bond donors (Lipinski definition) is 12. The first-order valence-corrected chi connectivity index (χ1v) is 22.4. The maximum absolute atomic E-state index is 14.4. The molecule has 19 nitrogen and oxygen atoms in total. The number of fused-ring (bicyclic) bond motifs is 24. The van der Waals surface area contributed by atoms with Gasteiger partial charge in [-0.15, -0.1) is 0 Å². The zero-order chi connectivity index (χ0) is 48.3. The Morgan fingerprint density at radius 1 is 0.652 bits per heavy atom. The van der Waals surface area contributed by atoms with E-state index in [1.807, 2.05) is 0 Å². The number of phenolic OH excluding ortho intramolecular Hbond substituents is 2. The third-order valence-corrected chi connectivity index (χ3v) is 11.5. The number of carbonyl (C=O) groups excluding carboxylic acids is 7. The quantitative estimate of drug-likeness (QED) is 0.0687. The van der Waals surface area contributed by atoms with E-state index in [0.717, 1.165) is 0 Å². The molecule has 66 heavy (non-hydrogen) atoms. The second kappa shape index (κ2) is 25.7. The highest BCUT2D eigenvalue weighted by atomic mass is 32.1. The topological polar surface area (TPSA) is 307 Å². The molecule has 0 saturated carbocycles. The zero-order valence-electron chi connectivity index (χ0n) is 36.9. The maximum atomic E-state index is 14.4. The van der Waals surface area contributed by atoms with Crippen LogP contribution >= 0.6 is 12.6 Å². The number of rotatable bonds is 12. The molecule has 0 radical (unpaired) electrons. The van der Waals surface area contributed by atoms with Crippen molar-refractivity contribution in [1.29, 1.82) is 0 Å². The molecular weight excluding hydrogens is 873 g/mol. The Kier molecular flexibility index (Phi) is 20.3. The summed E-state index contributed by atoms with van der Waals surface area (Å²) in [5, 5.41) is 48.6. The van der Waals surface area contributed by atoms with Crippen molar-refractivity contribution in [2.45, 2.75) is 108 Å². The Balaban J connectivity index is 1.76. The molecule has 3 aromatic rings. The zero-order valence-corrected chi connectivity index (χ0v) is 37.8. The normalized spacial score (nSPS) is 22.6. The number of aliphatic carboxylic acids is 1. The van der Waals surface area contributed by atoms with Crippen LogP contribution in [0.4, 0.5) is 5.69 Å². The van der Waals surface area contributed by atoms with Gasteiger partial charge in [-0.05, 0) is 84.8 Å². The lowest BCUT2D eigenvalue weighted by molar-refractivity contribution is -0.142. The molecule has 0 fully saturated rings. The van der Waals surface area contributed by atoms with Gasteiger partial charge in [0, 0.05) is 43.5 Å². The average molecular weight is 933 g/mol. The number of phenols is 2. The number of aromatic hydroxyl groups is 2. The number of unbranched alkanes of at least 4 members (excludes halogenated alkanes) is 1. The summed E-state index contributed by atoms with van der Waals surface area (Å²) in [4.78, 5) is 109. The van der Waals surface area contributed by atoms with Gasteiger partial charge in [0.15, 0.2) is 0 Å². The van der Waals surface area contributed by atoms with Gasteiger partial charge in [-0.2, -0.15) is 12.6 Å². The first kappa shape index (κ1) is 52.0. The molecule has 356 valence electrons. The number of carbonyl (C=O) groups is 8. The fraction of sp³-hybridized carbons (Fsp3) is 0.435. The molecule has 0 aromatic heterocycles. The molecule has 0 saturated heterocycles. The predicted molar refractivity (Wildman–Crippen MR) is 247 cm³/mol. The van der Waals surface area contributed by atoms with Crippen molar-refractivity contribution in [2.24, 2.45) is 11.7 Å². The minimum absolute atomic E-state index is 0.0405. The van der Waals surface area contributed by atoms with Gasteiger partial charge < -0.3 is 58.3 Å². The van der Waals surface area contributed by atoms with Gasteiger partial charge in [-0.25, -0.2) is 4.79 Å². The van der Waals surface area contributed by atoms with Crippen molar-refractivity contribution in [3.05, 3.63) is 89.5 Å². The van der Waals surface area contributed by atoms with E-state index < -0.39 is 89.5 Å². The molecule has 2 aliphatic heterocycles. The lowest BCUT2D eigenvalue weighted by Crippen LogP contribution is -2.61. The summed E-state index contributed by atoms with van der Waals surface area (Å²) in [5.41, 5.74) is 7.59. The van der Waals surface area contributed by atoms with Gasteiger partial charge in [-0.1, -0.05) is 56.7 Å². The van der Waals surface area contributed by atoms with Crippen LogP contribution in [0.15, 0.2) is 72.8 Å². The highest BCUT2D eigenvalue weighted by molar-refractivity contribution is 7.80. The number of hydrogen-bond acceptors (Lipinski definition) is 12. The molecule has 2 bridgehead atoms. The number of anilines is 1. The van der Waals surface area contributed by atoms with Crippen molar-refractivity contribution in [3.8, 4) is 11.5 Å². The lowest BCUT2D eigenvalue weighted by atomic mass is 9.96. The molecule has 0 spiro atoms. The molecule has 0 aliphatic carbocycles. The van der Waals surface area contributed by atoms with E-state index in [2.05, 4.69) is 49.8 Å². The van der Waals surface area contributed by atoms with E-state index in [0.29, 0.717) is 41.6 Å². The largest absolute Gasteiger partial charge is 0.508 e. The Labute approximate surface area is 388 Å². The van der Waals surface area contributed by atoms with Crippen LogP contribution in [0.2, 0.25) is 0 Å².